The van der Waals surface area contributed by atoms with E-state index < -0.39 is 0 Å². The number of halogens is 1. The highest BCUT2D eigenvalue weighted by atomic mass is 127. The molecule has 1 aromatic carbocycles. The lowest BCUT2D eigenvalue weighted by Crippen LogP contribution is -2.37. The number of hydrogen-bond donors (Lipinski definition) is 2. The normalized spacial score (nSPS) is 14.7. The predicted molar refractivity (Wildman–Crippen MR) is 125 cm³/mol. The molecular weight excluding hydrogens is 459 g/mol. The molecule has 1 aromatic rings. The third kappa shape index (κ3) is 8.81. The van der Waals surface area contributed by atoms with E-state index in [1.807, 2.05) is 11.8 Å². The summed E-state index contributed by atoms with van der Waals surface area (Å²) in [5.74, 6) is 2.13. The molecule has 0 aromatic heterocycles. The van der Waals surface area contributed by atoms with E-state index in [0.717, 1.165) is 45.4 Å². The average Bonchev–Trinajstić information content (AvgIpc) is 2.67. The van der Waals surface area contributed by atoms with Gasteiger partial charge in [0.2, 0.25) is 0 Å². The Bertz CT molecular complexity index is 507. The molecular formula is C19H33IN4OS. The van der Waals surface area contributed by atoms with Crippen molar-refractivity contribution in [1.29, 1.82) is 0 Å². The Morgan fingerprint density at radius 3 is 2.54 bits per heavy atom. The van der Waals surface area contributed by atoms with Crippen molar-refractivity contribution in [3.8, 4) is 0 Å². The summed E-state index contributed by atoms with van der Waals surface area (Å²) in [6.07, 6.45) is 4.58. The first-order valence-corrected chi connectivity index (χ1v) is 10.7. The molecule has 1 aliphatic heterocycles. The fourth-order valence-electron chi connectivity index (χ4n) is 2.72. The summed E-state index contributed by atoms with van der Waals surface area (Å²) >= 11 is 1.91. The highest BCUT2D eigenvalue weighted by Crippen LogP contribution is 2.17. The highest BCUT2D eigenvalue weighted by molar-refractivity contribution is 14.0. The number of morpholine rings is 1. The zero-order chi connectivity index (χ0) is 17.7. The predicted octanol–water partition coefficient (Wildman–Crippen LogP) is 3.34. The number of guanidine groups is 1. The molecule has 1 fully saturated rings. The van der Waals surface area contributed by atoms with E-state index in [-0.39, 0.29) is 24.0 Å². The highest BCUT2D eigenvalue weighted by Gasteiger charge is 2.10. The fraction of sp³-hybridized carbons (Fsp3) is 0.632. The van der Waals surface area contributed by atoms with Crippen LogP contribution in [0.1, 0.15) is 25.3 Å². The molecule has 0 spiro atoms. The van der Waals surface area contributed by atoms with Gasteiger partial charge in [-0.25, -0.2) is 4.99 Å². The molecule has 0 aliphatic carbocycles. The van der Waals surface area contributed by atoms with E-state index in [4.69, 9.17) is 9.73 Å². The number of anilines is 1. The van der Waals surface area contributed by atoms with Crippen LogP contribution in [0.4, 0.5) is 5.69 Å². The number of nitrogens with one attached hydrogen (secondary N) is 2. The van der Waals surface area contributed by atoms with Crippen LogP contribution < -0.4 is 15.5 Å². The van der Waals surface area contributed by atoms with Gasteiger partial charge in [0.25, 0.3) is 0 Å². The Morgan fingerprint density at radius 2 is 1.88 bits per heavy atom. The number of nitrogens with zero attached hydrogens (tertiary/aromatic N) is 2. The van der Waals surface area contributed by atoms with Crippen LogP contribution in [-0.2, 0) is 11.3 Å². The SMILES string of the molecule is CCNC(=NCc1ccc(N2CCOCC2)cc1)NCCCCSC.I. The molecule has 0 saturated carbocycles. The molecule has 148 valence electrons. The molecule has 1 saturated heterocycles. The first-order valence-electron chi connectivity index (χ1n) is 9.26. The van der Waals surface area contributed by atoms with Gasteiger partial charge in [-0.2, -0.15) is 11.8 Å². The van der Waals surface area contributed by atoms with Crippen LogP contribution in [0.3, 0.4) is 0 Å². The monoisotopic (exact) mass is 492 g/mol. The van der Waals surface area contributed by atoms with Gasteiger partial charge < -0.3 is 20.3 Å². The third-order valence-electron chi connectivity index (χ3n) is 4.14. The van der Waals surface area contributed by atoms with E-state index in [1.165, 1.54) is 29.8 Å². The zero-order valence-corrected chi connectivity index (χ0v) is 19.1. The van der Waals surface area contributed by atoms with Gasteiger partial charge >= 0.3 is 0 Å². The molecule has 1 aliphatic rings. The molecule has 7 heteroatoms. The minimum Gasteiger partial charge on any atom is -0.378 e. The second-order valence-corrected chi connectivity index (χ2v) is 7.07. The van der Waals surface area contributed by atoms with E-state index in [9.17, 15) is 0 Å². The van der Waals surface area contributed by atoms with Gasteiger partial charge in [-0.15, -0.1) is 24.0 Å². The topological polar surface area (TPSA) is 48.9 Å². The molecule has 0 amide bonds. The summed E-state index contributed by atoms with van der Waals surface area (Å²) in [5.41, 5.74) is 2.51. The Morgan fingerprint density at radius 1 is 1.15 bits per heavy atom. The molecule has 2 rings (SSSR count). The Hall–Kier alpha value is -0.670. The summed E-state index contributed by atoms with van der Waals surface area (Å²) in [6.45, 7) is 8.24. The van der Waals surface area contributed by atoms with Gasteiger partial charge in [0, 0.05) is 31.9 Å². The van der Waals surface area contributed by atoms with Crippen molar-refractivity contribution in [1.82, 2.24) is 10.6 Å². The smallest absolute Gasteiger partial charge is 0.191 e. The average molecular weight is 492 g/mol. The molecule has 26 heavy (non-hydrogen) atoms. The second-order valence-electron chi connectivity index (χ2n) is 6.09. The molecule has 0 unspecified atom stereocenters. The lowest BCUT2D eigenvalue weighted by Gasteiger charge is -2.28. The maximum atomic E-state index is 5.41. The number of hydrogen-bond acceptors (Lipinski definition) is 4. The maximum Gasteiger partial charge on any atom is 0.191 e. The Kier molecular flexibility index (Phi) is 12.9. The van der Waals surface area contributed by atoms with E-state index in [2.05, 4.69) is 53.0 Å². The zero-order valence-electron chi connectivity index (χ0n) is 16.0. The summed E-state index contributed by atoms with van der Waals surface area (Å²) in [5, 5.41) is 6.74. The molecule has 2 N–H and O–H groups in total. The molecule has 1 heterocycles. The largest absolute Gasteiger partial charge is 0.378 e. The summed E-state index contributed by atoms with van der Waals surface area (Å²) in [4.78, 5) is 7.07. The standard InChI is InChI=1S/C19H32N4OS.HI/c1-3-20-19(21-10-4-5-15-25-2)22-16-17-6-8-18(9-7-17)23-11-13-24-14-12-23;/h6-9H,3-5,10-16H2,1-2H3,(H2,20,21,22);1H. The first-order chi connectivity index (χ1) is 12.3. The van der Waals surface area contributed by atoms with E-state index >= 15 is 0 Å². The lowest BCUT2D eigenvalue weighted by atomic mass is 10.2. The first kappa shape index (κ1) is 23.4. The molecule has 5 nitrogen and oxygen atoms in total. The molecule has 0 bridgehead atoms. The van der Waals surface area contributed by atoms with Crippen molar-refractivity contribution in [3.63, 3.8) is 0 Å². The van der Waals surface area contributed by atoms with Crippen molar-refractivity contribution in [2.24, 2.45) is 4.99 Å². The van der Waals surface area contributed by atoms with Gasteiger partial charge in [-0.3, -0.25) is 0 Å². The van der Waals surface area contributed by atoms with Gasteiger partial charge in [0.15, 0.2) is 5.96 Å². The van der Waals surface area contributed by atoms with Crippen LogP contribution in [-0.4, -0.2) is 57.4 Å². The van der Waals surface area contributed by atoms with Crippen LogP contribution >= 0.6 is 35.7 Å². The lowest BCUT2D eigenvalue weighted by molar-refractivity contribution is 0.122. The van der Waals surface area contributed by atoms with Gasteiger partial charge in [-0.05, 0) is 49.5 Å². The van der Waals surface area contributed by atoms with Crippen molar-refractivity contribution in [2.45, 2.75) is 26.3 Å². The van der Waals surface area contributed by atoms with E-state index in [1.54, 1.807) is 0 Å². The minimum absolute atomic E-state index is 0. The molecule has 0 atom stereocenters. The van der Waals surface area contributed by atoms with Gasteiger partial charge in [-0.1, -0.05) is 12.1 Å². The number of rotatable bonds is 9. The van der Waals surface area contributed by atoms with Crippen LogP contribution in [0.2, 0.25) is 0 Å². The van der Waals surface area contributed by atoms with Crippen molar-refractivity contribution in [2.75, 3.05) is 56.3 Å². The number of benzene rings is 1. The summed E-state index contributed by atoms with van der Waals surface area (Å²) < 4.78 is 5.41. The second kappa shape index (κ2) is 14.4. The maximum absolute atomic E-state index is 5.41. The Labute approximate surface area is 179 Å². The van der Waals surface area contributed by atoms with Gasteiger partial charge in [0.1, 0.15) is 0 Å². The number of aliphatic imine (C=N–C) groups is 1. The summed E-state index contributed by atoms with van der Waals surface area (Å²) in [6, 6.07) is 8.74. The summed E-state index contributed by atoms with van der Waals surface area (Å²) in [7, 11) is 0. The van der Waals surface area contributed by atoms with Crippen molar-refractivity contribution >= 4 is 47.4 Å². The van der Waals surface area contributed by atoms with Gasteiger partial charge in [0.05, 0.1) is 19.8 Å². The number of unbranched alkanes of at least 4 members (excludes halogenated alkanes) is 1. The quantitative estimate of drug-likeness (QED) is 0.240. The van der Waals surface area contributed by atoms with E-state index in [0.29, 0.717) is 6.54 Å². The van der Waals surface area contributed by atoms with Crippen LogP contribution in [0.25, 0.3) is 0 Å². The van der Waals surface area contributed by atoms with Crippen molar-refractivity contribution in [3.05, 3.63) is 29.8 Å². The van der Waals surface area contributed by atoms with Crippen molar-refractivity contribution < 1.29 is 4.74 Å². The Balaban J connectivity index is 0.00000338. The number of ether oxygens (including phenoxy) is 1. The van der Waals surface area contributed by atoms with Crippen LogP contribution in [0.5, 0.6) is 0 Å². The van der Waals surface area contributed by atoms with Crippen LogP contribution in [0, 0.1) is 0 Å². The minimum atomic E-state index is 0. The molecule has 0 radical (unpaired) electrons. The number of thioether (sulfide) groups is 1. The fourth-order valence-corrected chi connectivity index (χ4v) is 3.22. The van der Waals surface area contributed by atoms with Crippen LogP contribution in [0.15, 0.2) is 29.3 Å². The third-order valence-corrected chi connectivity index (χ3v) is 4.84.